The van der Waals surface area contributed by atoms with E-state index < -0.39 is 11.5 Å². The van der Waals surface area contributed by atoms with Crippen LogP contribution in [0.1, 0.15) is 21.6 Å². The van der Waals surface area contributed by atoms with Crippen LogP contribution in [0.4, 0.5) is 5.13 Å². The number of carbonyl (C=O) groups excluding carboxylic acids is 1. The monoisotopic (exact) mass is 427 g/mol. The Kier molecular flexibility index (Phi) is 4.80. The fourth-order valence-electron chi connectivity index (χ4n) is 3.37. The lowest BCUT2D eigenvalue weighted by atomic mass is 10.1. The minimum Gasteiger partial charge on any atom is -0.422 e. The average Bonchev–Trinajstić information content (AvgIpc) is 3.20. The molecule has 0 bridgehead atoms. The van der Waals surface area contributed by atoms with Crippen molar-refractivity contribution < 1.29 is 9.21 Å². The molecule has 6 nitrogen and oxygen atoms in total. The van der Waals surface area contributed by atoms with Gasteiger partial charge in [0.05, 0.1) is 22.5 Å². The zero-order valence-electron chi connectivity index (χ0n) is 16.6. The molecule has 0 aliphatic heterocycles. The normalized spacial score (nSPS) is 11.1. The van der Waals surface area contributed by atoms with Gasteiger partial charge in [-0.2, -0.15) is 0 Å². The Hall–Kier alpha value is -3.84. The molecule has 31 heavy (non-hydrogen) atoms. The van der Waals surface area contributed by atoms with E-state index in [9.17, 15) is 9.59 Å². The Morgan fingerprint density at radius 2 is 1.90 bits per heavy atom. The van der Waals surface area contributed by atoms with E-state index in [4.69, 9.17) is 4.42 Å². The molecule has 0 spiro atoms. The fraction of sp³-hybridized carbons (Fsp3) is 0.0833. The Morgan fingerprint density at radius 1 is 1.06 bits per heavy atom. The SMILES string of the molecule is Cc1ccc2nc(N(Cc3ccccn3)C(=O)c3cc4ccccc4oc3=O)sc2c1. The highest BCUT2D eigenvalue weighted by atomic mass is 32.1. The van der Waals surface area contributed by atoms with E-state index in [-0.39, 0.29) is 12.1 Å². The lowest BCUT2D eigenvalue weighted by molar-refractivity contribution is 0.0981. The van der Waals surface area contributed by atoms with Crippen molar-refractivity contribution in [3.05, 3.63) is 100 Å². The van der Waals surface area contributed by atoms with Gasteiger partial charge in [0.25, 0.3) is 5.91 Å². The standard InChI is InChI=1S/C24H17N3O3S/c1-15-9-10-19-21(12-15)31-24(26-19)27(14-17-7-4-5-11-25-17)22(28)18-13-16-6-2-3-8-20(16)30-23(18)29/h2-13H,14H2,1H3. The van der Waals surface area contributed by atoms with E-state index in [0.717, 1.165) is 15.8 Å². The molecule has 0 saturated heterocycles. The van der Waals surface area contributed by atoms with Crippen LogP contribution < -0.4 is 10.5 Å². The number of hydrogen-bond donors (Lipinski definition) is 0. The van der Waals surface area contributed by atoms with Crippen molar-refractivity contribution >= 4 is 43.6 Å². The van der Waals surface area contributed by atoms with E-state index in [1.807, 2.05) is 49.4 Å². The number of para-hydroxylation sites is 1. The number of carbonyl (C=O) groups is 1. The van der Waals surface area contributed by atoms with Crippen molar-refractivity contribution in [2.24, 2.45) is 0 Å². The first-order valence-corrected chi connectivity index (χ1v) is 10.5. The predicted molar refractivity (Wildman–Crippen MR) is 122 cm³/mol. The molecule has 2 aromatic carbocycles. The molecule has 0 aliphatic carbocycles. The van der Waals surface area contributed by atoms with E-state index in [1.165, 1.54) is 16.2 Å². The Balaban J connectivity index is 1.63. The van der Waals surface area contributed by atoms with Gasteiger partial charge in [0, 0.05) is 11.6 Å². The zero-order valence-corrected chi connectivity index (χ0v) is 17.4. The van der Waals surface area contributed by atoms with E-state index in [0.29, 0.717) is 21.8 Å². The van der Waals surface area contributed by atoms with E-state index >= 15 is 0 Å². The van der Waals surface area contributed by atoms with E-state index in [2.05, 4.69) is 9.97 Å². The second-order valence-electron chi connectivity index (χ2n) is 7.17. The van der Waals surface area contributed by atoms with Crippen LogP contribution in [0, 0.1) is 6.92 Å². The fourth-order valence-corrected chi connectivity index (χ4v) is 4.43. The third kappa shape index (κ3) is 3.71. The number of amides is 1. The zero-order chi connectivity index (χ0) is 21.4. The van der Waals surface area contributed by atoms with Crippen LogP contribution >= 0.6 is 11.3 Å². The summed E-state index contributed by atoms with van der Waals surface area (Å²) in [4.78, 5) is 36.7. The van der Waals surface area contributed by atoms with Gasteiger partial charge < -0.3 is 4.42 Å². The first-order chi connectivity index (χ1) is 15.1. The van der Waals surface area contributed by atoms with Crippen molar-refractivity contribution in [3.63, 3.8) is 0 Å². The van der Waals surface area contributed by atoms with Crippen LogP contribution in [-0.2, 0) is 6.54 Å². The molecule has 0 atom stereocenters. The van der Waals surface area contributed by atoms with Crippen LogP contribution in [0.5, 0.6) is 0 Å². The van der Waals surface area contributed by atoms with Gasteiger partial charge in [-0.3, -0.25) is 14.7 Å². The number of nitrogens with zero attached hydrogens (tertiary/aromatic N) is 3. The predicted octanol–water partition coefficient (Wildman–Crippen LogP) is 4.95. The topological polar surface area (TPSA) is 76.3 Å². The molecule has 0 N–H and O–H groups in total. The van der Waals surface area contributed by atoms with Crippen molar-refractivity contribution in [2.45, 2.75) is 13.5 Å². The maximum Gasteiger partial charge on any atom is 0.349 e. The third-order valence-electron chi connectivity index (χ3n) is 4.93. The second kappa shape index (κ2) is 7.77. The summed E-state index contributed by atoms with van der Waals surface area (Å²) in [6.07, 6.45) is 1.67. The molecule has 7 heteroatoms. The lowest BCUT2D eigenvalue weighted by Crippen LogP contribution is -2.33. The molecule has 3 aromatic heterocycles. The van der Waals surface area contributed by atoms with Crippen LogP contribution in [0.3, 0.4) is 0 Å². The number of hydrogen-bond acceptors (Lipinski definition) is 6. The summed E-state index contributed by atoms with van der Waals surface area (Å²) in [7, 11) is 0. The van der Waals surface area contributed by atoms with Crippen molar-refractivity contribution in [1.82, 2.24) is 9.97 Å². The summed E-state index contributed by atoms with van der Waals surface area (Å²) in [6, 6.07) is 20.1. The molecular formula is C24H17N3O3S. The number of rotatable bonds is 4. The van der Waals surface area contributed by atoms with Gasteiger partial charge in [-0.05, 0) is 48.9 Å². The van der Waals surface area contributed by atoms with Gasteiger partial charge in [0.1, 0.15) is 11.1 Å². The smallest absolute Gasteiger partial charge is 0.349 e. The highest BCUT2D eigenvalue weighted by Gasteiger charge is 2.25. The van der Waals surface area contributed by atoms with Crippen molar-refractivity contribution in [1.29, 1.82) is 0 Å². The van der Waals surface area contributed by atoms with Crippen molar-refractivity contribution in [3.8, 4) is 0 Å². The molecule has 1 amide bonds. The minimum absolute atomic E-state index is 0.0370. The summed E-state index contributed by atoms with van der Waals surface area (Å²) in [5, 5.41) is 1.19. The summed E-state index contributed by atoms with van der Waals surface area (Å²) < 4.78 is 6.36. The molecule has 0 saturated carbocycles. The molecule has 0 unspecified atom stereocenters. The first kappa shape index (κ1) is 19.1. The van der Waals surface area contributed by atoms with E-state index in [1.54, 1.807) is 30.5 Å². The molecule has 5 aromatic rings. The van der Waals surface area contributed by atoms with Crippen molar-refractivity contribution in [2.75, 3.05) is 4.90 Å². The largest absolute Gasteiger partial charge is 0.422 e. The summed E-state index contributed by atoms with van der Waals surface area (Å²) in [6.45, 7) is 2.20. The average molecular weight is 427 g/mol. The quantitative estimate of drug-likeness (QED) is 0.379. The Bertz CT molecular complexity index is 1470. The summed E-state index contributed by atoms with van der Waals surface area (Å²) in [5.74, 6) is -0.471. The molecule has 152 valence electrons. The number of aryl methyl sites for hydroxylation is 1. The number of aromatic nitrogens is 2. The van der Waals surface area contributed by atoms with Gasteiger partial charge >= 0.3 is 5.63 Å². The van der Waals surface area contributed by atoms with Gasteiger partial charge in [0.2, 0.25) is 0 Å². The van der Waals surface area contributed by atoms with Crippen LogP contribution in [0.2, 0.25) is 0 Å². The molecule has 0 radical (unpaired) electrons. The summed E-state index contributed by atoms with van der Waals surface area (Å²) in [5.41, 5.74) is 2.33. The lowest BCUT2D eigenvalue weighted by Gasteiger charge is -2.19. The first-order valence-electron chi connectivity index (χ1n) is 9.70. The van der Waals surface area contributed by atoms with Gasteiger partial charge in [-0.25, -0.2) is 9.78 Å². The third-order valence-corrected chi connectivity index (χ3v) is 5.97. The highest BCUT2D eigenvalue weighted by Crippen LogP contribution is 2.31. The van der Waals surface area contributed by atoms with Crippen LogP contribution in [0.15, 0.2) is 82.1 Å². The second-order valence-corrected chi connectivity index (χ2v) is 8.17. The Labute approximate surface area is 181 Å². The number of benzene rings is 2. The molecule has 3 heterocycles. The number of pyridine rings is 1. The molecule has 5 rings (SSSR count). The Morgan fingerprint density at radius 3 is 2.74 bits per heavy atom. The molecule has 0 aliphatic rings. The summed E-state index contributed by atoms with van der Waals surface area (Å²) >= 11 is 1.40. The van der Waals surface area contributed by atoms with Crippen LogP contribution in [0.25, 0.3) is 21.2 Å². The van der Waals surface area contributed by atoms with Gasteiger partial charge in [-0.1, -0.05) is 41.7 Å². The van der Waals surface area contributed by atoms with Gasteiger partial charge in [-0.15, -0.1) is 0 Å². The highest BCUT2D eigenvalue weighted by molar-refractivity contribution is 7.22. The number of anilines is 1. The minimum atomic E-state index is -0.674. The van der Waals surface area contributed by atoms with Gasteiger partial charge in [0.15, 0.2) is 5.13 Å². The number of thiazole rings is 1. The number of fused-ring (bicyclic) bond motifs is 2. The maximum absolute atomic E-state index is 13.6. The van der Waals surface area contributed by atoms with Crippen LogP contribution in [-0.4, -0.2) is 15.9 Å². The maximum atomic E-state index is 13.6. The molecule has 0 fully saturated rings. The molecular weight excluding hydrogens is 410 g/mol.